The number of hydrogen-bond donors (Lipinski definition) is 1. The van der Waals surface area contributed by atoms with E-state index in [-0.39, 0.29) is 6.10 Å². The zero-order valence-electron chi connectivity index (χ0n) is 13.8. The fraction of sp³-hybridized carbons (Fsp3) is 0.875. The summed E-state index contributed by atoms with van der Waals surface area (Å²) in [6.45, 7) is 4.39. The van der Waals surface area contributed by atoms with Crippen molar-refractivity contribution in [3.63, 3.8) is 0 Å². The molecule has 0 bridgehead atoms. The number of nitrogens with one attached hydrogen (secondary N) is 1. The summed E-state index contributed by atoms with van der Waals surface area (Å²) >= 11 is 0. The number of nitrogens with zero attached hydrogens (tertiary/aromatic N) is 2. The normalized spacial score (nSPS) is 19.9. The van der Waals surface area contributed by atoms with Crippen LogP contribution in [0.3, 0.4) is 0 Å². The maximum Gasteiger partial charge on any atom is 0.228 e. The molecule has 0 amide bonds. The summed E-state index contributed by atoms with van der Waals surface area (Å²) in [5, 5.41) is 7.48. The molecule has 0 aliphatic heterocycles. The molecule has 21 heavy (non-hydrogen) atoms. The van der Waals surface area contributed by atoms with Gasteiger partial charge in [-0.25, -0.2) is 0 Å². The van der Waals surface area contributed by atoms with E-state index < -0.39 is 0 Å². The van der Waals surface area contributed by atoms with E-state index in [2.05, 4.69) is 29.3 Å². The quantitative estimate of drug-likeness (QED) is 0.837. The van der Waals surface area contributed by atoms with Crippen LogP contribution >= 0.6 is 0 Å². The van der Waals surface area contributed by atoms with Crippen molar-refractivity contribution in [3.8, 4) is 0 Å². The molecule has 5 heteroatoms. The van der Waals surface area contributed by atoms with Crippen molar-refractivity contribution in [2.75, 3.05) is 14.2 Å². The number of likely N-dealkylation sites (N-methyl/N-ethyl adjacent to an activating group) is 1. The largest absolute Gasteiger partial charge is 0.373 e. The van der Waals surface area contributed by atoms with Crippen LogP contribution in [0, 0.1) is 11.8 Å². The molecule has 0 spiro atoms. The molecular formula is C16H29N3O2. The Morgan fingerprint density at radius 1 is 1.29 bits per heavy atom. The molecule has 1 N–H and O–H groups in total. The van der Waals surface area contributed by atoms with Gasteiger partial charge in [-0.05, 0) is 31.7 Å². The Bertz CT molecular complexity index is 413. The number of hydrogen-bond acceptors (Lipinski definition) is 5. The monoisotopic (exact) mass is 295 g/mol. The summed E-state index contributed by atoms with van der Waals surface area (Å²) in [5.41, 5.74) is 0. The molecule has 5 nitrogen and oxygen atoms in total. The lowest BCUT2D eigenvalue weighted by atomic mass is 9.85. The lowest BCUT2D eigenvalue weighted by molar-refractivity contribution is 0.0273. The highest BCUT2D eigenvalue weighted by Crippen LogP contribution is 2.35. The Morgan fingerprint density at radius 2 is 2.00 bits per heavy atom. The average molecular weight is 295 g/mol. The topological polar surface area (TPSA) is 60.2 Å². The highest BCUT2D eigenvalue weighted by Gasteiger charge is 2.29. The molecule has 1 aliphatic rings. The van der Waals surface area contributed by atoms with Crippen molar-refractivity contribution in [1.29, 1.82) is 0 Å². The van der Waals surface area contributed by atoms with Crippen LogP contribution in [-0.2, 0) is 11.2 Å². The molecule has 0 radical (unpaired) electrons. The van der Waals surface area contributed by atoms with Gasteiger partial charge in [-0.15, -0.1) is 0 Å². The zero-order chi connectivity index (χ0) is 15.2. The van der Waals surface area contributed by atoms with E-state index in [9.17, 15) is 0 Å². The molecule has 0 saturated heterocycles. The van der Waals surface area contributed by atoms with E-state index in [4.69, 9.17) is 9.26 Å². The van der Waals surface area contributed by atoms with Gasteiger partial charge in [0.05, 0.1) is 0 Å². The Labute approximate surface area is 127 Å². The predicted molar refractivity (Wildman–Crippen MR) is 82.0 cm³/mol. The first-order chi connectivity index (χ1) is 10.2. The molecule has 120 valence electrons. The van der Waals surface area contributed by atoms with Gasteiger partial charge in [-0.2, -0.15) is 4.98 Å². The van der Waals surface area contributed by atoms with Crippen LogP contribution in [0.4, 0.5) is 0 Å². The van der Waals surface area contributed by atoms with Crippen LogP contribution in [0.5, 0.6) is 0 Å². The van der Waals surface area contributed by atoms with E-state index in [0.717, 1.165) is 12.2 Å². The second-order valence-corrected chi connectivity index (χ2v) is 6.44. The summed E-state index contributed by atoms with van der Waals surface area (Å²) in [5.74, 6) is 2.48. The molecule has 1 heterocycles. The van der Waals surface area contributed by atoms with Crippen LogP contribution in [0.2, 0.25) is 0 Å². The second kappa shape index (κ2) is 7.90. The maximum atomic E-state index is 5.67. The third-order valence-corrected chi connectivity index (χ3v) is 4.64. The van der Waals surface area contributed by atoms with Crippen molar-refractivity contribution in [1.82, 2.24) is 15.5 Å². The van der Waals surface area contributed by atoms with E-state index in [0.29, 0.717) is 23.8 Å². The number of aromatic nitrogens is 2. The standard InChI is InChI=1S/C16H29N3O2/c1-11(2)13(17-3)10-14-18-16(19-21-14)15(20-4)12-8-6-5-7-9-12/h11-13,15,17H,5-10H2,1-4H3. The first-order valence-electron chi connectivity index (χ1n) is 8.18. The molecule has 0 aromatic carbocycles. The minimum absolute atomic E-state index is 0.0186. The zero-order valence-corrected chi connectivity index (χ0v) is 13.8. The maximum absolute atomic E-state index is 5.67. The summed E-state index contributed by atoms with van der Waals surface area (Å²) in [6.07, 6.45) is 7.05. The van der Waals surface area contributed by atoms with Gasteiger partial charge in [-0.3, -0.25) is 0 Å². The van der Waals surface area contributed by atoms with E-state index in [1.54, 1.807) is 7.11 Å². The first-order valence-corrected chi connectivity index (χ1v) is 8.18. The van der Waals surface area contributed by atoms with Gasteiger partial charge >= 0.3 is 0 Å². The lowest BCUT2D eigenvalue weighted by Crippen LogP contribution is -2.32. The molecule has 1 fully saturated rings. The van der Waals surface area contributed by atoms with Gasteiger partial charge in [0, 0.05) is 19.6 Å². The average Bonchev–Trinajstić information content (AvgIpc) is 2.95. The molecule has 2 atom stereocenters. The number of ether oxygens (including phenoxy) is 1. The van der Waals surface area contributed by atoms with Crippen molar-refractivity contribution >= 4 is 0 Å². The highest BCUT2D eigenvalue weighted by molar-refractivity contribution is 4.96. The predicted octanol–water partition coefficient (Wildman–Crippen LogP) is 3.12. The van der Waals surface area contributed by atoms with E-state index >= 15 is 0 Å². The molecular weight excluding hydrogens is 266 g/mol. The van der Waals surface area contributed by atoms with E-state index in [1.165, 1.54) is 32.1 Å². The van der Waals surface area contributed by atoms with Crippen LogP contribution in [-0.4, -0.2) is 30.3 Å². The van der Waals surface area contributed by atoms with Gasteiger partial charge in [0.1, 0.15) is 6.10 Å². The Kier molecular flexibility index (Phi) is 6.18. The van der Waals surface area contributed by atoms with Crippen LogP contribution in [0.1, 0.15) is 63.8 Å². The first kappa shape index (κ1) is 16.4. The third-order valence-electron chi connectivity index (χ3n) is 4.64. The Hall–Kier alpha value is -0.940. The fourth-order valence-electron chi connectivity index (χ4n) is 3.27. The Balaban J connectivity index is 2.02. The van der Waals surface area contributed by atoms with Gasteiger partial charge in [0.2, 0.25) is 11.7 Å². The van der Waals surface area contributed by atoms with E-state index in [1.807, 2.05) is 7.05 Å². The summed E-state index contributed by atoms with van der Waals surface area (Å²) in [6, 6.07) is 0.356. The van der Waals surface area contributed by atoms with Crippen molar-refractivity contribution in [2.45, 2.75) is 64.5 Å². The molecule has 1 saturated carbocycles. The third kappa shape index (κ3) is 4.27. The minimum Gasteiger partial charge on any atom is -0.373 e. The number of methoxy groups -OCH3 is 1. The van der Waals surface area contributed by atoms with Crippen molar-refractivity contribution in [3.05, 3.63) is 11.7 Å². The lowest BCUT2D eigenvalue weighted by Gasteiger charge is -2.26. The smallest absolute Gasteiger partial charge is 0.228 e. The van der Waals surface area contributed by atoms with Crippen LogP contribution < -0.4 is 5.32 Å². The van der Waals surface area contributed by atoms with Crippen molar-refractivity contribution in [2.24, 2.45) is 11.8 Å². The Morgan fingerprint density at radius 3 is 2.57 bits per heavy atom. The van der Waals surface area contributed by atoms with Gasteiger partial charge < -0.3 is 14.6 Å². The highest BCUT2D eigenvalue weighted by atomic mass is 16.5. The minimum atomic E-state index is -0.0186. The summed E-state index contributed by atoms with van der Waals surface area (Å²) in [4.78, 5) is 4.58. The van der Waals surface area contributed by atoms with Gasteiger partial charge in [-0.1, -0.05) is 38.3 Å². The molecule has 1 aromatic rings. The second-order valence-electron chi connectivity index (χ2n) is 6.44. The SMILES string of the molecule is CNC(Cc1nc(C(OC)C2CCCCC2)no1)C(C)C. The molecule has 2 unspecified atom stereocenters. The van der Waals surface area contributed by atoms with Crippen molar-refractivity contribution < 1.29 is 9.26 Å². The molecule has 2 rings (SSSR count). The molecule has 1 aromatic heterocycles. The summed E-state index contributed by atoms with van der Waals surface area (Å²) < 4.78 is 11.1. The van der Waals surface area contributed by atoms with Gasteiger partial charge in [0.25, 0.3) is 0 Å². The van der Waals surface area contributed by atoms with Crippen LogP contribution in [0.25, 0.3) is 0 Å². The summed E-state index contributed by atoms with van der Waals surface area (Å²) in [7, 11) is 3.72. The number of rotatable bonds is 7. The van der Waals surface area contributed by atoms with Crippen LogP contribution in [0.15, 0.2) is 4.52 Å². The van der Waals surface area contributed by atoms with Gasteiger partial charge in [0.15, 0.2) is 0 Å². The molecule has 1 aliphatic carbocycles. The fourth-order valence-corrected chi connectivity index (χ4v) is 3.27.